The number of carbonyl (C=O) groups is 1. The minimum atomic E-state index is 0.00421. The molecule has 1 saturated carbocycles. The van der Waals surface area contributed by atoms with Gasteiger partial charge in [-0.3, -0.25) is 0 Å². The number of carbonyl (C=O) groups excluding carboxylic acids is 1. The van der Waals surface area contributed by atoms with Crippen LogP contribution in [0.2, 0.25) is 0 Å². The number of amides is 2. The molecule has 7 nitrogen and oxygen atoms in total. The van der Waals surface area contributed by atoms with Crippen molar-refractivity contribution in [2.24, 2.45) is 5.41 Å². The third-order valence-corrected chi connectivity index (χ3v) is 5.95. The third kappa shape index (κ3) is 2.90. The maximum Gasteiger partial charge on any atom is 0.317 e. The number of rotatable bonds is 2. The number of hydrogen-bond acceptors (Lipinski definition) is 5. The van der Waals surface area contributed by atoms with Gasteiger partial charge >= 0.3 is 6.03 Å². The molecule has 0 aromatic carbocycles. The van der Waals surface area contributed by atoms with Gasteiger partial charge in [-0.1, -0.05) is 18.0 Å². The lowest BCUT2D eigenvalue weighted by Gasteiger charge is -2.36. The van der Waals surface area contributed by atoms with Gasteiger partial charge in [0.15, 0.2) is 5.82 Å². The number of likely N-dealkylation sites (tertiary alicyclic amines) is 1. The smallest absolute Gasteiger partial charge is 0.317 e. The second kappa shape index (κ2) is 6.35. The molecule has 3 fully saturated rings. The molecule has 1 aromatic rings. The van der Waals surface area contributed by atoms with Crippen LogP contribution in [-0.4, -0.2) is 53.4 Å². The Morgan fingerprint density at radius 2 is 2.04 bits per heavy atom. The van der Waals surface area contributed by atoms with Crippen molar-refractivity contribution in [1.82, 2.24) is 20.4 Å². The quantitative estimate of drug-likeness (QED) is 0.897. The van der Waals surface area contributed by atoms with E-state index in [1.54, 1.807) is 0 Å². The Morgan fingerprint density at radius 3 is 2.71 bits per heavy atom. The minimum Gasteiger partial charge on any atom is -0.381 e. The van der Waals surface area contributed by atoms with Crippen molar-refractivity contribution in [3.05, 3.63) is 11.7 Å². The number of aromatic nitrogens is 2. The highest BCUT2D eigenvalue weighted by Crippen LogP contribution is 2.49. The maximum absolute atomic E-state index is 12.7. The Balaban J connectivity index is 1.52. The molecule has 2 aliphatic heterocycles. The second-order valence-corrected chi connectivity index (χ2v) is 7.52. The molecule has 2 amide bonds. The topological polar surface area (TPSA) is 80.5 Å². The van der Waals surface area contributed by atoms with Gasteiger partial charge in [-0.05, 0) is 32.6 Å². The summed E-state index contributed by atoms with van der Waals surface area (Å²) in [5, 5.41) is 7.16. The number of urea groups is 1. The van der Waals surface area contributed by atoms with Crippen molar-refractivity contribution in [2.75, 3.05) is 26.3 Å². The Morgan fingerprint density at radius 1 is 1.29 bits per heavy atom. The molecule has 24 heavy (non-hydrogen) atoms. The first-order valence-corrected chi connectivity index (χ1v) is 9.10. The molecule has 1 N–H and O–H groups in total. The van der Waals surface area contributed by atoms with E-state index in [0.717, 1.165) is 45.4 Å². The predicted octanol–water partition coefficient (Wildman–Crippen LogP) is 2.23. The average Bonchev–Trinajstić information content (AvgIpc) is 3.29. The molecule has 3 heterocycles. The van der Waals surface area contributed by atoms with Crippen molar-refractivity contribution in [3.63, 3.8) is 0 Å². The van der Waals surface area contributed by atoms with Crippen LogP contribution in [0.1, 0.15) is 56.2 Å². The van der Waals surface area contributed by atoms with E-state index in [0.29, 0.717) is 24.3 Å². The van der Waals surface area contributed by atoms with Crippen LogP contribution in [0, 0.1) is 12.3 Å². The highest BCUT2D eigenvalue weighted by Gasteiger charge is 2.51. The summed E-state index contributed by atoms with van der Waals surface area (Å²) >= 11 is 0. The van der Waals surface area contributed by atoms with Gasteiger partial charge in [0, 0.05) is 37.8 Å². The van der Waals surface area contributed by atoms with E-state index in [4.69, 9.17) is 9.26 Å². The lowest BCUT2D eigenvalue weighted by molar-refractivity contribution is 0.00939. The molecule has 1 unspecified atom stereocenters. The van der Waals surface area contributed by atoms with Gasteiger partial charge in [-0.15, -0.1) is 0 Å². The van der Waals surface area contributed by atoms with Gasteiger partial charge in [0.25, 0.3) is 0 Å². The Hall–Kier alpha value is -1.63. The standard InChI is InChI=1S/C17H26N4O3/c1-12-18-15(24-20-12)14-10-21(11-17(14)6-8-23-9-7-17)16(22)19-13-4-2-3-5-13/h13-14H,2-11H2,1H3,(H,19,22). The highest BCUT2D eigenvalue weighted by atomic mass is 16.5. The van der Waals surface area contributed by atoms with Gasteiger partial charge in [0.05, 0.1) is 5.92 Å². The van der Waals surface area contributed by atoms with Gasteiger partial charge in [-0.2, -0.15) is 4.98 Å². The largest absolute Gasteiger partial charge is 0.381 e. The van der Waals surface area contributed by atoms with Crippen molar-refractivity contribution >= 4 is 6.03 Å². The summed E-state index contributed by atoms with van der Waals surface area (Å²) in [7, 11) is 0. The summed E-state index contributed by atoms with van der Waals surface area (Å²) < 4.78 is 11.0. The van der Waals surface area contributed by atoms with Crippen LogP contribution in [0.4, 0.5) is 4.79 Å². The molecular weight excluding hydrogens is 308 g/mol. The zero-order valence-corrected chi connectivity index (χ0v) is 14.3. The first-order valence-electron chi connectivity index (χ1n) is 9.10. The monoisotopic (exact) mass is 334 g/mol. The van der Waals surface area contributed by atoms with Crippen LogP contribution in [-0.2, 0) is 4.74 Å². The maximum atomic E-state index is 12.7. The van der Waals surface area contributed by atoms with E-state index in [9.17, 15) is 4.79 Å². The third-order valence-electron chi connectivity index (χ3n) is 5.95. The van der Waals surface area contributed by atoms with Crippen molar-refractivity contribution < 1.29 is 14.1 Å². The Labute approximate surface area is 142 Å². The van der Waals surface area contributed by atoms with Crippen LogP contribution >= 0.6 is 0 Å². The van der Waals surface area contributed by atoms with Crippen LogP contribution < -0.4 is 5.32 Å². The van der Waals surface area contributed by atoms with Gasteiger partial charge in [0.2, 0.25) is 5.89 Å². The lowest BCUT2D eigenvalue weighted by atomic mass is 9.72. The number of nitrogens with one attached hydrogen (secondary N) is 1. The minimum absolute atomic E-state index is 0.00421. The van der Waals surface area contributed by atoms with Crippen molar-refractivity contribution in [1.29, 1.82) is 0 Å². The first kappa shape index (κ1) is 15.9. The van der Waals surface area contributed by atoms with Crippen LogP contribution in [0.15, 0.2) is 4.52 Å². The SMILES string of the molecule is Cc1noc(C2CN(C(=O)NC3CCCC3)CC23CCOCC3)n1. The van der Waals surface area contributed by atoms with E-state index < -0.39 is 0 Å². The van der Waals surface area contributed by atoms with Gasteiger partial charge in [-0.25, -0.2) is 4.79 Å². The number of hydrogen-bond donors (Lipinski definition) is 1. The fraction of sp³-hybridized carbons (Fsp3) is 0.824. The molecule has 7 heteroatoms. The van der Waals surface area contributed by atoms with E-state index in [1.165, 1.54) is 12.8 Å². The van der Waals surface area contributed by atoms with Crippen LogP contribution in [0.3, 0.4) is 0 Å². The Bertz CT molecular complexity index is 590. The molecule has 1 aliphatic carbocycles. The molecule has 1 spiro atoms. The van der Waals surface area contributed by atoms with Crippen LogP contribution in [0.25, 0.3) is 0 Å². The summed E-state index contributed by atoms with van der Waals surface area (Å²) in [6.07, 6.45) is 6.51. The zero-order valence-electron chi connectivity index (χ0n) is 14.3. The van der Waals surface area contributed by atoms with Gasteiger partial charge < -0.3 is 19.5 Å². The first-order chi connectivity index (χ1) is 11.7. The highest BCUT2D eigenvalue weighted by molar-refractivity contribution is 5.75. The summed E-state index contributed by atoms with van der Waals surface area (Å²) in [5.74, 6) is 1.43. The molecule has 3 aliphatic rings. The number of ether oxygens (including phenoxy) is 1. The molecule has 2 saturated heterocycles. The van der Waals surface area contributed by atoms with Crippen molar-refractivity contribution in [3.8, 4) is 0 Å². The molecule has 132 valence electrons. The molecule has 1 atom stereocenters. The average molecular weight is 334 g/mol. The lowest BCUT2D eigenvalue weighted by Crippen LogP contribution is -2.44. The molecule has 1 aromatic heterocycles. The normalized spacial score (nSPS) is 27.0. The van der Waals surface area contributed by atoms with Crippen LogP contribution in [0.5, 0.6) is 0 Å². The van der Waals surface area contributed by atoms with E-state index in [1.807, 2.05) is 11.8 Å². The second-order valence-electron chi connectivity index (χ2n) is 7.52. The van der Waals surface area contributed by atoms with E-state index in [-0.39, 0.29) is 17.4 Å². The zero-order chi connectivity index (χ0) is 16.6. The van der Waals surface area contributed by atoms with E-state index >= 15 is 0 Å². The van der Waals surface area contributed by atoms with E-state index in [2.05, 4.69) is 15.5 Å². The summed E-state index contributed by atoms with van der Waals surface area (Å²) in [6.45, 7) is 4.72. The molecule has 4 rings (SSSR count). The molecule has 0 bridgehead atoms. The molecular formula is C17H26N4O3. The van der Waals surface area contributed by atoms with Gasteiger partial charge in [0.1, 0.15) is 0 Å². The fourth-order valence-electron chi connectivity index (χ4n) is 4.54. The summed E-state index contributed by atoms with van der Waals surface area (Å²) in [6, 6.07) is 0.402. The predicted molar refractivity (Wildman–Crippen MR) is 86.6 cm³/mol. The van der Waals surface area contributed by atoms with Crippen molar-refractivity contribution in [2.45, 2.75) is 57.4 Å². The number of aryl methyl sites for hydroxylation is 1. The Kier molecular flexibility index (Phi) is 4.20. The molecule has 0 radical (unpaired) electrons. The summed E-state index contributed by atoms with van der Waals surface area (Å²) in [4.78, 5) is 19.1. The fourth-order valence-corrected chi connectivity index (χ4v) is 4.54. The number of nitrogens with zero attached hydrogens (tertiary/aromatic N) is 3. The summed E-state index contributed by atoms with van der Waals surface area (Å²) in [5.41, 5.74) is 0.00421.